The molecule has 0 spiro atoms. The van der Waals surface area contributed by atoms with Crippen molar-refractivity contribution in [3.05, 3.63) is 41.7 Å². The van der Waals surface area contributed by atoms with Crippen molar-refractivity contribution in [2.45, 2.75) is 0 Å². The third-order valence-electron chi connectivity index (χ3n) is 2.92. The van der Waals surface area contributed by atoms with Crippen LogP contribution in [0.1, 0.15) is 0 Å². The van der Waals surface area contributed by atoms with E-state index in [9.17, 15) is 13.2 Å². The van der Waals surface area contributed by atoms with Gasteiger partial charge in [-0.25, -0.2) is 18.2 Å². The molecule has 0 aliphatic heterocycles. The number of nitrogens with two attached hydrogens (primary N) is 1. The van der Waals surface area contributed by atoms with Crippen LogP contribution in [-0.4, -0.2) is 21.6 Å². The van der Waals surface area contributed by atoms with Crippen molar-refractivity contribution >= 4 is 17.1 Å². The Hall–Kier alpha value is -2.77. The molecule has 0 bridgehead atoms. The average Bonchev–Trinajstić information content (AvgIpc) is 2.73. The first-order chi connectivity index (χ1) is 10.0. The second-order valence-corrected chi connectivity index (χ2v) is 4.22. The molecule has 0 amide bonds. The lowest BCUT2D eigenvalue weighted by Gasteiger charge is -2.09. The summed E-state index contributed by atoms with van der Waals surface area (Å²) in [6, 6.07) is 4.21. The molecule has 0 aliphatic carbocycles. The van der Waals surface area contributed by atoms with E-state index in [0.29, 0.717) is 17.6 Å². The van der Waals surface area contributed by atoms with E-state index >= 15 is 0 Å². The van der Waals surface area contributed by atoms with E-state index in [1.54, 1.807) is 6.07 Å². The zero-order valence-corrected chi connectivity index (χ0v) is 10.8. The molecule has 2 N–H and O–H groups in total. The summed E-state index contributed by atoms with van der Waals surface area (Å²) in [5, 5.41) is 0. The zero-order chi connectivity index (χ0) is 15.1. The fourth-order valence-corrected chi connectivity index (χ4v) is 2.04. The van der Waals surface area contributed by atoms with Crippen LogP contribution >= 0.6 is 0 Å². The van der Waals surface area contributed by atoms with Crippen molar-refractivity contribution in [3.8, 4) is 11.6 Å². The first-order valence-corrected chi connectivity index (χ1v) is 5.85. The monoisotopic (exact) mass is 294 g/mol. The number of halogens is 3. The molecular formula is C13H9F3N4O. The Labute approximate surface area is 116 Å². The van der Waals surface area contributed by atoms with Gasteiger partial charge < -0.3 is 10.5 Å². The third-order valence-corrected chi connectivity index (χ3v) is 2.92. The predicted octanol–water partition coefficient (Wildman–Crippen LogP) is 2.43. The summed E-state index contributed by atoms with van der Waals surface area (Å²) in [7, 11) is 1.40. The Bertz CT molecular complexity index is 824. The van der Waals surface area contributed by atoms with Crippen LogP contribution in [-0.2, 0) is 0 Å². The van der Waals surface area contributed by atoms with Crippen molar-refractivity contribution in [2.75, 3.05) is 12.8 Å². The third kappa shape index (κ3) is 2.04. The molecule has 108 valence electrons. The zero-order valence-electron chi connectivity index (χ0n) is 10.8. The van der Waals surface area contributed by atoms with Crippen molar-refractivity contribution in [2.24, 2.45) is 0 Å². The summed E-state index contributed by atoms with van der Waals surface area (Å²) < 4.78 is 46.8. The predicted molar refractivity (Wildman–Crippen MR) is 69.7 cm³/mol. The molecule has 0 radical (unpaired) electrons. The van der Waals surface area contributed by atoms with Crippen molar-refractivity contribution in [1.29, 1.82) is 0 Å². The van der Waals surface area contributed by atoms with E-state index < -0.39 is 23.1 Å². The van der Waals surface area contributed by atoms with Crippen LogP contribution in [0.5, 0.6) is 5.88 Å². The van der Waals surface area contributed by atoms with Gasteiger partial charge in [0.15, 0.2) is 17.3 Å². The number of pyridine rings is 1. The van der Waals surface area contributed by atoms with Gasteiger partial charge in [-0.15, -0.1) is 0 Å². The van der Waals surface area contributed by atoms with Gasteiger partial charge in [-0.2, -0.15) is 4.98 Å². The van der Waals surface area contributed by atoms with Gasteiger partial charge >= 0.3 is 0 Å². The number of benzene rings is 1. The number of imidazole rings is 1. The van der Waals surface area contributed by atoms with Crippen LogP contribution in [0, 0.1) is 17.5 Å². The molecule has 2 heterocycles. The largest absolute Gasteiger partial charge is 0.481 e. The summed E-state index contributed by atoms with van der Waals surface area (Å²) in [6.45, 7) is 0. The molecule has 0 fully saturated rings. The maximum atomic E-state index is 13.9. The lowest BCUT2D eigenvalue weighted by Crippen LogP contribution is -2.07. The number of nitrogen functional groups attached to an aromatic ring is 1. The molecule has 0 atom stereocenters. The van der Waals surface area contributed by atoms with Gasteiger partial charge in [0.1, 0.15) is 17.0 Å². The van der Waals surface area contributed by atoms with E-state index in [-0.39, 0.29) is 17.5 Å². The van der Waals surface area contributed by atoms with Crippen LogP contribution in [0.2, 0.25) is 0 Å². The molecule has 0 saturated heterocycles. The van der Waals surface area contributed by atoms with Crippen molar-refractivity contribution < 1.29 is 17.9 Å². The van der Waals surface area contributed by atoms with E-state index in [2.05, 4.69) is 9.97 Å². The molecule has 2 aromatic heterocycles. The van der Waals surface area contributed by atoms with Crippen LogP contribution in [0.4, 0.5) is 19.1 Å². The number of rotatable bonds is 2. The van der Waals surface area contributed by atoms with Crippen LogP contribution in [0.15, 0.2) is 24.3 Å². The smallest absolute Gasteiger partial charge is 0.215 e. The summed E-state index contributed by atoms with van der Waals surface area (Å²) in [4.78, 5) is 8.03. The van der Waals surface area contributed by atoms with Crippen LogP contribution < -0.4 is 10.5 Å². The molecule has 3 aromatic rings. The maximum Gasteiger partial charge on any atom is 0.215 e. The number of fused-ring (bicyclic) bond motifs is 1. The maximum absolute atomic E-state index is 13.9. The number of aromatic nitrogens is 3. The number of hydrogen-bond donors (Lipinski definition) is 1. The van der Waals surface area contributed by atoms with E-state index in [4.69, 9.17) is 10.5 Å². The highest BCUT2D eigenvalue weighted by Gasteiger charge is 2.20. The summed E-state index contributed by atoms with van der Waals surface area (Å²) in [5.74, 6) is -3.18. The van der Waals surface area contributed by atoms with Crippen LogP contribution in [0.25, 0.3) is 16.9 Å². The topological polar surface area (TPSA) is 66.0 Å². The summed E-state index contributed by atoms with van der Waals surface area (Å²) >= 11 is 0. The Morgan fingerprint density at radius 3 is 2.38 bits per heavy atom. The molecule has 5 nitrogen and oxygen atoms in total. The van der Waals surface area contributed by atoms with E-state index in [0.717, 1.165) is 4.57 Å². The fourth-order valence-electron chi connectivity index (χ4n) is 2.04. The number of ether oxygens (including phenoxy) is 1. The standard InChI is InChI=1S/C13H9F3N4O/c1-21-10-3-2-9-12(19-10)20(13(17)18-9)11-7(15)4-6(14)5-8(11)16/h2-5H,1H3,(H2,17,18). The Morgan fingerprint density at radius 1 is 1.10 bits per heavy atom. The Kier molecular flexibility index (Phi) is 2.93. The highest BCUT2D eigenvalue weighted by atomic mass is 19.1. The lowest BCUT2D eigenvalue weighted by atomic mass is 10.2. The highest BCUT2D eigenvalue weighted by Crippen LogP contribution is 2.27. The molecule has 1 aromatic carbocycles. The highest BCUT2D eigenvalue weighted by molar-refractivity contribution is 5.77. The first kappa shape index (κ1) is 13.2. The molecule has 0 unspecified atom stereocenters. The minimum atomic E-state index is -1.11. The second kappa shape index (κ2) is 4.65. The van der Waals surface area contributed by atoms with Gasteiger partial charge in [0.25, 0.3) is 0 Å². The number of methoxy groups -OCH3 is 1. The van der Waals surface area contributed by atoms with Gasteiger partial charge in [-0.3, -0.25) is 4.57 Å². The van der Waals surface area contributed by atoms with Crippen LogP contribution in [0.3, 0.4) is 0 Å². The molecule has 0 aliphatic rings. The quantitative estimate of drug-likeness (QED) is 0.788. The van der Waals surface area contributed by atoms with E-state index in [1.807, 2.05) is 0 Å². The molecular weight excluding hydrogens is 285 g/mol. The minimum Gasteiger partial charge on any atom is -0.481 e. The summed E-state index contributed by atoms with van der Waals surface area (Å²) in [6.07, 6.45) is 0. The van der Waals surface area contributed by atoms with Gasteiger partial charge in [-0.05, 0) is 6.07 Å². The SMILES string of the molecule is COc1ccc2nc(N)n(-c3c(F)cc(F)cc3F)c2n1. The normalized spacial score (nSPS) is 11.0. The number of anilines is 1. The molecule has 8 heteroatoms. The first-order valence-electron chi connectivity index (χ1n) is 5.85. The molecule has 21 heavy (non-hydrogen) atoms. The average molecular weight is 294 g/mol. The second-order valence-electron chi connectivity index (χ2n) is 4.22. The van der Waals surface area contributed by atoms with Gasteiger partial charge in [0, 0.05) is 18.2 Å². The minimum absolute atomic E-state index is 0.108. The Balaban J connectivity index is 2.37. The molecule has 3 rings (SSSR count). The van der Waals surface area contributed by atoms with Gasteiger partial charge in [0.2, 0.25) is 11.8 Å². The van der Waals surface area contributed by atoms with Gasteiger partial charge in [-0.1, -0.05) is 0 Å². The Morgan fingerprint density at radius 2 is 1.76 bits per heavy atom. The van der Waals surface area contributed by atoms with Crippen molar-refractivity contribution in [1.82, 2.24) is 14.5 Å². The van der Waals surface area contributed by atoms with Gasteiger partial charge in [0.05, 0.1) is 7.11 Å². The van der Waals surface area contributed by atoms with E-state index in [1.165, 1.54) is 13.2 Å². The summed E-state index contributed by atoms with van der Waals surface area (Å²) in [5.41, 5.74) is 5.59. The number of nitrogens with zero attached hydrogens (tertiary/aromatic N) is 3. The molecule has 0 saturated carbocycles. The number of hydrogen-bond acceptors (Lipinski definition) is 4. The van der Waals surface area contributed by atoms with Crippen molar-refractivity contribution in [3.63, 3.8) is 0 Å². The fraction of sp³-hybridized carbons (Fsp3) is 0.0769. The lowest BCUT2D eigenvalue weighted by molar-refractivity contribution is 0.399.